The number of imidazole rings is 2. The van der Waals surface area contributed by atoms with E-state index in [1.54, 1.807) is 10.9 Å². The number of anilines is 1. The molecule has 0 saturated heterocycles. The molecule has 0 amide bonds. The quantitative estimate of drug-likeness (QED) is 0.379. The lowest BCUT2D eigenvalue weighted by Gasteiger charge is -2.10. The van der Waals surface area contributed by atoms with Crippen LogP contribution in [0.4, 0.5) is 5.82 Å². The Labute approximate surface area is 126 Å². The van der Waals surface area contributed by atoms with Gasteiger partial charge in [0.25, 0.3) is 5.56 Å². The SMILES string of the molecule is CC(c1nc2[nH]c(=O)[nH]c(=O)c2[nH]1)n1cnc2c(N)ncnc21. The third-order valence-corrected chi connectivity index (χ3v) is 3.61. The van der Waals surface area contributed by atoms with Gasteiger partial charge in [-0.2, -0.15) is 0 Å². The predicted molar refractivity (Wildman–Crippen MR) is 80.9 cm³/mol. The second-order valence-corrected chi connectivity index (χ2v) is 5.01. The highest BCUT2D eigenvalue weighted by atomic mass is 16.2. The fourth-order valence-electron chi connectivity index (χ4n) is 2.43. The van der Waals surface area contributed by atoms with Crippen molar-refractivity contribution in [3.63, 3.8) is 0 Å². The zero-order chi connectivity index (χ0) is 16.1. The molecule has 11 nitrogen and oxygen atoms in total. The van der Waals surface area contributed by atoms with Gasteiger partial charge in [0.2, 0.25) is 0 Å². The average molecular weight is 313 g/mol. The van der Waals surface area contributed by atoms with Crippen molar-refractivity contribution < 1.29 is 0 Å². The Hall–Kier alpha value is -3.50. The summed E-state index contributed by atoms with van der Waals surface area (Å²) in [7, 11) is 0. The number of hydrogen-bond donors (Lipinski definition) is 4. The van der Waals surface area contributed by atoms with Gasteiger partial charge < -0.3 is 15.3 Å². The van der Waals surface area contributed by atoms with Gasteiger partial charge in [0.05, 0.1) is 12.4 Å². The van der Waals surface area contributed by atoms with E-state index in [2.05, 4.69) is 34.9 Å². The molecule has 0 spiro atoms. The van der Waals surface area contributed by atoms with Crippen LogP contribution < -0.4 is 17.0 Å². The molecule has 23 heavy (non-hydrogen) atoms. The molecule has 116 valence electrons. The summed E-state index contributed by atoms with van der Waals surface area (Å²) in [6, 6.07) is -0.315. The van der Waals surface area contributed by atoms with E-state index in [4.69, 9.17) is 5.73 Å². The van der Waals surface area contributed by atoms with E-state index in [-0.39, 0.29) is 23.0 Å². The first-order valence-corrected chi connectivity index (χ1v) is 6.70. The highest BCUT2D eigenvalue weighted by molar-refractivity contribution is 5.81. The number of rotatable bonds is 2. The fourth-order valence-corrected chi connectivity index (χ4v) is 2.43. The van der Waals surface area contributed by atoms with Crippen LogP contribution in [0.25, 0.3) is 22.3 Å². The highest BCUT2D eigenvalue weighted by Gasteiger charge is 2.18. The summed E-state index contributed by atoms with van der Waals surface area (Å²) in [5, 5.41) is 0. The van der Waals surface area contributed by atoms with E-state index in [0.717, 1.165) is 0 Å². The van der Waals surface area contributed by atoms with Crippen LogP contribution in [0, 0.1) is 0 Å². The summed E-state index contributed by atoms with van der Waals surface area (Å²) in [5.74, 6) is 0.759. The van der Waals surface area contributed by atoms with Crippen molar-refractivity contribution in [3.8, 4) is 0 Å². The zero-order valence-corrected chi connectivity index (χ0v) is 11.9. The first kappa shape index (κ1) is 13.2. The molecule has 0 radical (unpaired) electrons. The maximum absolute atomic E-state index is 11.8. The highest BCUT2D eigenvalue weighted by Crippen LogP contribution is 2.22. The summed E-state index contributed by atoms with van der Waals surface area (Å²) in [5.41, 5.74) is 6.06. The van der Waals surface area contributed by atoms with Crippen molar-refractivity contribution in [2.24, 2.45) is 0 Å². The Morgan fingerprint density at radius 3 is 2.83 bits per heavy atom. The number of aromatic amines is 3. The molecule has 0 aliphatic rings. The molecule has 4 aromatic heterocycles. The van der Waals surface area contributed by atoms with E-state index >= 15 is 0 Å². The number of hydrogen-bond acceptors (Lipinski definition) is 7. The van der Waals surface area contributed by atoms with Gasteiger partial charge >= 0.3 is 5.69 Å². The van der Waals surface area contributed by atoms with Crippen molar-refractivity contribution in [2.75, 3.05) is 5.73 Å². The van der Waals surface area contributed by atoms with Crippen LogP contribution in [-0.4, -0.2) is 39.5 Å². The van der Waals surface area contributed by atoms with E-state index < -0.39 is 11.2 Å². The van der Waals surface area contributed by atoms with Crippen molar-refractivity contribution in [1.82, 2.24) is 39.5 Å². The van der Waals surface area contributed by atoms with Gasteiger partial charge in [-0.25, -0.2) is 24.7 Å². The largest absolute Gasteiger partial charge is 0.382 e. The monoisotopic (exact) mass is 313 g/mol. The van der Waals surface area contributed by atoms with Gasteiger partial charge in [0, 0.05) is 0 Å². The number of nitrogen functional groups attached to an aromatic ring is 1. The van der Waals surface area contributed by atoms with Crippen LogP contribution in [0.2, 0.25) is 0 Å². The standard InChI is InChI=1S/C12H11N9O2/c1-4(21-3-16-5-7(13)14-2-15-10(5)21)8-17-6-9(18-8)19-12(23)20-11(6)22/h2-4H,1H3,(H2,13,14,15)(H3,17,18,19,20,22,23). The Morgan fingerprint density at radius 2 is 2.00 bits per heavy atom. The van der Waals surface area contributed by atoms with Crippen molar-refractivity contribution in [3.05, 3.63) is 39.3 Å². The van der Waals surface area contributed by atoms with Crippen LogP contribution in [-0.2, 0) is 0 Å². The van der Waals surface area contributed by atoms with Gasteiger partial charge in [-0.15, -0.1) is 0 Å². The molecule has 0 aliphatic heterocycles. The topological polar surface area (TPSA) is 164 Å². The smallest absolute Gasteiger partial charge is 0.327 e. The van der Waals surface area contributed by atoms with Crippen LogP contribution in [0.5, 0.6) is 0 Å². The molecule has 1 atom stereocenters. The number of nitrogens with zero attached hydrogens (tertiary/aromatic N) is 5. The average Bonchev–Trinajstić information content (AvgIpc) is 3.11. The van der Waals surface area contributed by atoms with Crippen molar-refractivity contribution in [1.29, 1.82) is 0 Å². The predicted octanol–water partition coefficient (Wildman–Crippen LogP) is -0.729. The van der Waals surface area contributed by atoms with Crippen LogP contribution in [0.15, 0.2) is 22.2 Å². The molecule has 1 unspecified atom stereocenters. The number of nitrogens with two attached hydrogens (primary N) is 1. The summed E-state index contributed by atoms with van der Waals surface area (Å²) >= 11 is 0. The molecule has 0 aromatic carbocycles. The lowest BCUT2D eigenvalue weighted by molar-refractivity contribution is 0.619. The first-order valence-electron chi connectivity index (χ1n) is 6.70. The molecule has 4 aromatic rings. The van der Waals surface area contributed by atoms with E-state index in [9.17, 15) is 9.59 Å². The molecule has 4 rings (SSSR count). The van der Waals surface area contributed by atoms with E-state index in [0.29, 0.717) is 17.0 Å². The van der Waals surface area contributed by atoms with Crippen LogP contribution in [0.3, 0.4) is 0 Å². The van der Waals surface area contributed by atoms with E-state index in [1.807, 2.05) is 6.92 Å². The Bertz CT molecular complexity index is 1150. The molecular formula is C12H11N9O2. The maximum Gasteiger partial charge on any atom is 0.327 e. The summed E-state index contributed by atoms with van der Waals surface area (Å²) in [6.07, 6.45) is 2.92. The molecule has 0 saturated carbocycles. The molecular weight excluding hydrogens is 302 g/mol. The first-order chi connectivity index (χ1) is 11.0. The molecule has 0 bridgehead atoms. The second kappa shape index (κ2) is 4.50. The normalized spacial score (nSPS) is 12.9. The van der Waals surface area contributed by atoms with Crippen molar-refractivity contribution in [2.45, 2.75) is 13.0 Å². The lowest BCUT2D eigenvalue weighted by atomic mass is 10.3. The van der Waals surface area contributed by atoms with Gasteiger partial charge in [-0.3, -0.25) is 14.8 Å². The summed E-state index contributed by atoms with van der Waals surface area (Å²) in [4.78, 5) is 47.1. The molecule has 11 heteroatoms. The number of H-pyrrole nitrogens is 3. The minimum atomic E-state index is -0.609. The molecule has 5 N–H and O–H groups in total. The van der Waals surface area contributed by atoms with E-state index in [1.165, 1.54) is 6.33 Å². The minimum Gasteiger partial charge on any atom is -0.382 e. The molecule has 0 fully saturated rings. The third kappa shape index (κ3) is 1.90. The second-order valence-electron chi connectivity index (χ2n) is 5.01. The lowest BCUT2D eigenvalue weighted by Crippen LogP contribution is -2.21. The Kier molecular flexibility index (Phi) is 2.58. The fraction of sp³-hybridized carbons (Fsp3) is 0.167. The van der Waals surface area contributed by atoms with Gasteiger partial charge in [-0.1, -0.05) is 0 Å². The van der Waals surface area contributed by atoms with Gasteiger partial charge in [0.1, 0.15) is 23.2 Å². The number of aromatic nitrogens is 8. The third-order valence-electron chi connectivity index (χ3n) is 3.61. The maximum atomic E-state index is 11.8. The van der Waals surface area contributed by atoms with Gasteiger partial charge in [0.15, 0.2) is 17.1 Å². The van der Waals surface area contributed by atoms with Crippen LogP contribution in [0.1, 0.15) is 18.8 Å². The molecule has 0 aliphatic carbocycles. The van der Waals surface area contributed by atoms with Crippen LogP contribution >= 0.6 is 0 Å². The minimum absolute atomic E-state index is 0.194. The van der Waals surface area contributed by atoms with Crippen molar-refractivity contribution >= 4 is 28.1 Å². The summed E-state index contributed by atoms with van der Waals surface area (Å²) < 4.78 is 1.75. The zero-order valence-electron chi connectivity index (χ0n) is 11.9. The Balaban J connectivity index is 1.89. The number of nitrogens with one attached hydrogen (secondary N) is 3. The Morgan fingerprint density at radius 1 is 1.17 bits per heavy atom. The van der Waals surface area contributed by atoms with Gasteiger partial charge in [-0.05, 0) is 6.92 Å². The summed E-state index contributed by atoms with van der Waals surface area (Å²) in [6.45, 7) is 1.85. The number of fused-ring (bicyclic) bond motifs is 2. The molecule has 4 heterocycles.